The molecule has 0 bridgehead atoms. The maximum atomic E-state index is 12.7. The van der Waals surface area contributed by atoms with Gasteiger partial charge in [-0.1, -0.05) is 12.1 Å². The Labute approximate surface area is 168 Å². The van der Waals surface area contributed by atoms with Crippen molar-refractivity contribution < 1.29 is 22.7 Å². The molecular weight excluding hydrogens is 462 g/mol. The van der Waals surface area contributed by atoms with Crippen molar-refractivity contribution in [1.82, 2.24) is 10.6 Å². The Morgan fingerprint density at radius 1 is 1.19 bits per heavy atom. The second-order valence-corrected chi connectivity index (χ2v) is 6.33. The summed E-state index contributed by atoms with van der Waals surface area (Å²) in [5.41, 5.74) is -0.886. The third-order valence-corrected chi connectivity index (χ3v) is 2.84. The average molecular weight is 487 g/mol. The van der Waals surface area contributed by atoms with Crippen LogP contribution < -0.4 is 10.6 Å². The zero-order valence-electron chi connectivity index (χ0n) is 15.2. The maximum absolute atomic E-state index is 12.7. The molecule has 0 aliphatic carbocycles. The van der Waals surface area contributed by atoms with Gasteiger partial charge in [-0.05, 0) is 45.4 Å². The lowest BCUT2D eigenvalue weighted by molar-refractivity contribution is -0.153. The number of benzene rings is 1. The van der Waals surface area contributed by atoms with Gasteiger partial charge in [0.25, 0.3) is 0 Å². The number of nitrogens with zero attached hydrogens (tertiary/aromatic N) is 1. The van der Waals surface area contributed by atoms with Crippen LogP contribution >= 0.6 is 24.0 Å². The number of carbonyl (C=O) groups excluding carboxylic acids is 1. The van der Waals surface area contributed by atoms with E-state index in [0.717, 1.165) is 12.1 Å². The van der Waals surface area contributed by atoms with Gasteiger partial charge in [-0.3, -0.25) is 4.79 Å². The Hall–Kier alpha value is -1.52. The molecule has 0 atom stereocenters. The van der Waals surface area contributed by atoms with Crippen molar-refractivity contribution in [2.24, 2.45) is 4.99 Å². The molecule has 0 radical (unpaired) electrons. The molecule has 0 fully saturated rings. The van der Waals surface area contributed by atoms with Gasteiger partial charge in [0.2, 0.25) is 0 Å². The molecule has 9 heteroatoms. The number of alkyl halides is 3. The van der Waals surface area contributed by atoms with Crippen LogP contribution in [-0.2, 0) is 22.3 Å². The van der Waals surface area contributed by atoms with Gasteiger partial charge in [0, 0.05) is 6.54 Å². The standard InChI is InChI=1S/C17H24F3N3O2.HI/c1-5-21-15(23-11-14(24)25-16(2,3)4)22-10-12-7-6-8-13(9-12)17(18,19)20;/h6-9H,5,10-11H2,1-4H3,(H2,21,22,23);1H. The summed E-state index contributed by atoms with van der Waals surface area (Å²) in [4.78, 5) is 15.9. The minimum absolute atomic E-state index is 0. The monoisotopic (exact) mass is 487 g/mol. The van der Waals surface area contributed by atoms with Crippen LogP contribution in [0.1, 0.15) is 38.8 Å². The van der Waals surface area contributed by atoms with Gasteiger partial charge in [0.1, 0.15) is 12.1 Å². The fraction of sp³-hybridized carbons (Fsp3) is 0.529. The Morgan fingerprint density at radius 3 is 2.38 bits per heavy atom. The molecule has 5 nitrogen and oxygen atoms in total. The Kier molecular flexibility index (Phi) is 9.97. The highest BCUT2D eigenvalue weighted by Gasteiger charge is 2.30. The van der Waals surface area contributed by atoms with E-state index >= 15 is 0 Å². The molecule has 26 heavy (non-hydrogen) atoms. The number of nitrogens with one attached hydrogen (secondary N) is 2. The van der Waals surface area contributed by atoms with Crippen LogP contribution in [0.4, 0.5) is 13.2 Å². The van der Waals surface area contributed by atoms with Gasteiger partial charge in [-0.25, -0.2) is 4.99 Å². The number of hydrogen-bond acceptors (Lipinski definition) is 3. The molecule has 0 aliphatic rings. The highest BCUT2D eigenvalue weighted by molar-refractivity contribution is 14.0. The number of aliphatic imine (C=N–C) groups is 1. The summed E-state index contributed by atoms with van der Waals surface area (Å²) in [6.45, 7) is 7.63. The minimum atomic E-state index is -4.39. The van der Waals surface area contributed by atoms with Gasteiger partial charge in [-0.15, -0.1) is 24.0 Å². The summed E-state index contributed by atoms with van der Waals surface area (Å²) in [6, 6.07) is 4.98. The van der Waals surface area contributed by atoms with E-state index in [0.29, 0.717) is 18.1 Å². The number of guanidine groups is 1. The largest absolute Gasteiger partial charge is 0.459 e. The molecule has 2 N–H and O–H groups in total. The fourth-order valence-corrected chi connectivity index (χ4v) is 1.89. The average Bonchev–Trinajstić information content (AvgIpc) is 2.48. The minimum Gasteiger partial charge on any atom is -0.459 e. The highest BCUT2D eigenvalue weighted by atomic mass is 127. The van der Waals surface area contributed by atoms with Crippen LogP contribution in [0, 0.1) is 0 Å². The van der Waals surface area contributed by atoms with Gasteiger partial charge in [0.15, 0.2) is 5.96 Å². The summed E-state index contributed by atoms with van der Waals surface area (Å²) >= 11 is 0. The first-order valence-corrected chi connectivity index (χ1v) is 7.91. The van der Waals surface area contributed by atoms with E-state index in [2.05, 4.69) is 15.6 Å². The number of rotatable bonds is 5. The third kappa shape index (κ3) is 9.83. The first kappa shape index (κ1) is 24.5. The summed E-state index contributed by atoms with van der Waals surface area (Å²) in [7, 11) is 0. The van der Waals surface area contributed by atoms with Gasteiger partial charge in [-0.2, -0.15) is 13.2 Å². The number of hydrogen-bond donors (Lipinski definition) is 2. The number of halogens is 4. The van der Waals surface area contributed by atoms with Crippen molar-refractivity contribution in [3.63, 3.8) is 0 Å². The van der Waals surface area contributed by atoms with Crippen molar-refractivity contribution in [3.05, 3.63) is 35.4 Å². The Balaban J connectivity index is 0.00000625. The van der Waals surface area contributed by atoms with Crippen molar-refractivity contribution >= 4 is 35.9 Å². The van der Waals surface area contributed by atoms with E-state index in [9.17, 15) is 18.0 Å². The van der Waals surface area contributed by atoms with Gasteiger partial charge < -0.3 is 15.4 Å². The molecule has 0 saturated heterocycles. The molecule has 0 spiro atoms. The molecule has 1 aromatic carbocycles. The Bertz CT molecular complexity index is 614. The fourth-order valence-electron chi connectivity index (χ4n) is 1.89. The zero-order chi connectivity index (χ0) is 19.1. The lowest BCUT2D eigenvalue weighted by Gasteiger charge is -2.20. The van der Waals surface area contributed by atoms with Crippen molar-refractivity contribution in [1.29, 1.82) is 0 Å². The molecule has 0 unspecified atom stereocenters. The molecule has 1 aromatic rings. The number of ether oxygens (including phenoxy) is 1. The molecule has 0 aliphatic heterocycles. The van der Waals surface area contributed by atoms with Crippen molar-refractivity contribution in [2.45, 2.75) is 46.0 Å². The maximum Gasteiger partial charge on any atom is 0.416 e. The molecule has 0 saturated carbocycles. The molecule has 0 amide bonds. The zero-order valence-corrected chi connectivity index (χ0v) is 17.6. The lowest BCUT2D eigenvalue weighted by atomic mass is 10.1. The van der Waals surface area contributed by atoms with E-state index < -0.39 is 23.3 Å². The summed E-state index contributed by atoms with van der Waals surface area (Å²) in [6.07, 6.45) is -4.39. The molecular formula is C17H25F3IN3O2. The number of esters is 1. The summed E-state index contributed by atoms with van der Waals surface area (Å²) in [5, 5.41) is 5.73. The van der Waals surface area contributed by atoms with Gasteiger partial charge >= 0.3 is 12.1 Å². The Morgan fingerprint density at radius 2 is 1.85 bits per heavy atom. The molecule has 148 valence electrons. The highest BCUT2D eigenvalue weighted by Crippen LogP contribution is 2.29. The van der Waals surface area contributed by atoms with E-state index in [4.69, 9.17) is 4.74 Å². The first-order valence-electron chi connectivity index (χ1n) is 7.91. The predicted octanol–water partition coefficient (Wildman–Crippen LogP) is 3.72. The number of carbonyl (C=O) groups is 1. The quantitative estimate of drug-likeness (QED) is 0.288. The predicted molar refractivity (Wildman–Crippen MR) is 106 cm³/mol. The van der Waals surface area contributed by atoms with Crippen LogP contribution in [0.25, 0.3) is 0 Å². The second-order valence-electron chi connectivity index (χ2n) is 6.33. The first-order chi connectivity index (χ1) is 11.5. The van der Waals surface area contributed by atoms with Crippen LogP contribution in [0.2, 0.25) is 0 Å². The van der Waals surface area contributed by atoms with Crippen LogP contribution in [0.3, 0.4) is 0 Å². The van der Waals surface area contributed by atoms with Crippen molar-refractivity contribution in [2.75, 3.05) is 13.1 Å². The second kappa shape index (κ2) is 10.6. The normalized spacial score (nSPS) is 12.2. The van der Waals surface area contributed by atoms with E-state index in [1.807, 2.05) is 6.92 Å². The lowest BCUT2D eigenvalue weighted by Crippen LogP contribution is -2.41. The SMILES string of the molecule is CCNC(=NCc1cccc(C(F)(F)F)c1)NCC(=O)OC(C)(C)C.I. The summed E-state index contributed by atoms with van der Waals surface area (Å²) in [5.74, 6) is -0.122. The van der Waals surface area contributed by atoms with Crippen molar-refractivity contribution in [3.8, 4) is 0 Å². The van der Waals surface area contributed by atoms with Crippen LogP contribution in [-0.4, -0.2) is 30.6 Å². The van der Waals surface area contributed by atoms with E-state index in [1.165, 1.54) is 6.07 Å². The topological polar surface area (TPSA) is 62.7 Å². The summed E-state index contributed by atoms with van der Waals surface area (Å²) < 4.78 is 43.3. The van der Waals surface area contributed by atoms with Crippen LogP contribution in [0.15, 0.2) is 29.3 Å². The van der Waals surface area contributed by atoms with E-state index in [-0.39, 0.29) is 37.1 Å². The van der Waals surface area contributed by atoms with E-state index in [1.54, 1.807) is 26.8 Å². The molecule has 1 rings (SSSR count). The van der Waals surface area contributed by atoms with Gasteiger partial charge in [0.05, 0.1) is 12.1 Å². The molecule has 0 heterocycles. The smallest absolute Gasteiger partial charge is 0.416 e. The third-order valence-electron chi connectivity index (χ3n) is 2.84. The van der Waals surface area contributed by atoms with Crippen LogP contribution in [0.5, 0.6) is 0 Å². The molecule has 0 aromatic heterocycles.